The van der Waals surface area contributed by atoms with Crippen LogP contribution in [0.5, 0.6) is 0 Å². The molecule has 0 aromatic carbocycles. The highest BCUT2D eigenvalue weighted by molar-refractivity contribution is 7.85. The molecule has 0 amide bonds. The summed E-state index contributed by atoms with van der Waals surface area (Å²) >= 11 is 0. The van der Waals surface area contributed by atoms with Crippen molar-refractivity contribution in [3.63, 3.8) is 0 Å². The van der Waals surface area contributed by atoms with E-state index in [0.717, 1.165) is 51.4 Å². The fourth-order valence-electron chi connectivity index (χ4n) is 5.85. The largest absolute Gasteiger partial charge is 0.462 e. The first kappa shape index (κ1) is 52.1. The lowest BCUT2D eigenvalue weighted by molar-refractivity contribution is -0.297. The zero-order valence-corrected chi connectivity index (χ0v) is 35.2. The minimum atomic E-state index is -4.61. The zero-order valence-electron chi connectivity index (χ0n) is 34.4. The first-order valence-corrected chi connectivity index (χ1v) is 22.7. The van der Waals surface area contributed by atoms with E-state index in [9.17, 15) is 37.9 Å². The first-order valence-electron chi connectivity index (χ1n) is 21.1. The molecule has 1 rings (SSSR count). The summed E-state index contributed by atoms with van der Waals surface area (Å²) in [5, 5.41) is 30.8. The maximum absolute atomic E-state index is 12.7. The van der Waals surface area contributed by atoms with Crippen LogP contribution in [0.25, 0.3) is 0 Å². The van der Waals surface area contributed by atoms with Crippen LogP contribution in [0, 0.1) is 0 Å². The van der Waals surface area contributed by atoms with Gasteiger partial charge in [0.05, 0.1) is 6.61 Å². The third kappa shape index (κ3) is 29.0. The van der Waals surface area contributed by atoms with Crippen LogP contribution in [0.1, 0.15) is 136 Å². The van der Waals surface area contributed by atoms with Gasteiger partial charge in [-0.2, -0.15) is 8.42 Å². The number of esters is 2. The molecule has 0 radical (unpaired) electrons. The fraction of sp³-hybridized carbons (Fsp3) is 0.682. The summed E-state index contributed by atoms with van der Waals surface area (Å²) in [5.41, 5.74) is 0. The van der Waals surface area contributed by atoms with Gasteiger partial charge in [0.25, 0.3) is 10.1 Å². The molecule has 1 aliphatic rings. The van der Waals surface area contributed by atoms with E-state index in [1.165, 1.54) is 44.9 Å². The number of hydrogen-bond donors (Lipinski definition) is 4. The molecule has 13 heteroatoms. The average Bonchev–Trinajstić information content (AvgIpc) is 3.17. The number of aliphatic hydroxyl groups is 3. The van der Waals surface area contributed by atoms with Crippen LogP contribution < -0.4 is 0 Å². The first-order chi connectivity index (χ1) is 27.5. The number of unbranched alkanes of at least 4 members (excludes halogenated alkanes) is 13. The molecule has 1 heterocycles. The van der Waals surface area contributed by atoms with Gasteiger partial charge >= 0.3 is 11.9 Å². The number of rotatable bonds is 33. The molecule has 12 nitrogen and oxygen atoms in total. The molecule has 0 spiro atoms. The Morgan fingerprint density at radius 2 is 1.11 bits per heavy atom. The van der Waals surface area contributed by atoms with Gasteiger partial charge in [0, 0.05) is 12.8 Å². The molecule has 1 fully saturated rings. The van der Waals surface area contributed by atoms with Crippen LogP contribution >= 0.6 is 0 Å². The summed E-state index contributed by atoms with van der Waals surface area (Å²) in [6.07, 6.45) is 32.5. The van der Waals surface area contributed by atoms with Crippen LogP contribution in [0.15, 0.2) is 72.9 Å². The highest BCUT2D eigenvalue weighted by Gasteiger charge is 2.46. The molecule has 1 saturated heterocycles. The predicted molar refractivity (Wildman–Crippen MR) is 224 cm³/mol. The van der Waals surface area contributed by atoms with Crippen LogP contribution in [0.2, 0.25) is 0 Å². The van der Waals surface area contributed by atoms with Crippen molar-refractivity contribution in [2.75, 3.05) is 19.0 Å². The van der Waals surface area contributed by atoms with Crippen LogP contribution in [0.3, 0.4) is 0 Å². The SMILES string of the molecule is CC/C=C/C=C/C=C/C=C/CCCCCC(=O)OC(COC(=O)CCCCC/C=C/C=C/CCCCCCCCC)CO[C@H]1O[C@H](CS(=O)(=O)O)[C@@H](O)C(O)C1O. The summed E-state index contributed by atoms with van der Waals surface area (Å²) in [7, 11) is -4.61. The zero-order chi connectivity index (χ0) is 42.0. The third-order valence-electron chi connectivity index (χ3n) is 9.14. The number of hydrogen-bond acceptors (Lipinski definition) is 11. The van der Waals surface area contributed by atoms with Gasteiger partial charge in [0.2, 0.25) is 0 Å². The van der Waals surface area contributed by atoms with Gasteiger partial charge in [-0.3, -0.25) is 14.1 Å². The van der Waals surface area contributed by atoms with E-state index < -0.39 is 71.2 Å². The summed E-state index contributed by atoms with van der Waals surface area (Å²) in [4.78, 5) is 25.3. The van der Waals surface area contributed by atoms with Gasteiger partial charge < -0.3 is 34.3 Å². The Hall–Kier alpha value is -2.91. The highest BCUT2D eigenvalue weighted by Crippen LogP contribution is 2.24. The molecule has 6 atom stereocenters. The lowest BCUT2D eigenvalue weighted by Gasteiger charge is -2.40. The average molecular weight is 825 g/mol. The highest BCUT2D eigenvalue weighted by atomic mass is 32.2. The Morgan fingerprint density at radius 3 is 1.67 bits per heavy atom. The minimum absolute atomic E-state index is 0.109. The molecule has 4 N–H and O–H groups in total. The van der Waals surface area contributed by atoms with Gasteiger partial charge in [-0.05, 0) is 57.8 Å². The topological polar surface area (TPSA) is 186 Å². The standard InChI is InChI=1S/C44H72O12S/c1-3-5-7-9-11-13-15-17-18-19-21-22-24-26-28-30-32-39(45)53-34-37(35-54-44-43(49)42(48)41(47)38(56-44)36-57(50,51)52)55-40(46)33-31-29-27-25-23-20-16-14-12-10-8-6-4-2/h6,8,10,12,14,16,18-23,37-38,41-44,47-49H,3-5,7,9,11,13,15,17,24-36H2,1-2H3,(H,50,51,52)/b8-6+,12-10+,16-14+,19-18+,22-21+,23-20+/t37?,38-,41-,42?,43?,44+/m1/s1. The van der Waals surface area contributed by atoms with Crippen molar-refractivity contribution >= 4 is 22.1 Å². The third-order valence-corrected chi connectivity index (χ3v) is 9.89. The van der Waals surface area contributed by atoms with Crippen molar-refractivity contribution in [3.8, 4) is 0 Å². The van der Waals surface area contributed by atoms with E-state index in [1.54, 1.807) is 0 Å². The van der Waals surface area contributed by atoms with Crippen LogP contribution in [0.4, 0.5) is 0 Å². The van der Waals surface area contributed by atoms with Gasteiger partial charge in [-0.1, -0.05) is 138 Å². The Balaban J connectivity index is 2.54. The number of allylic oxidation sites excluding steroid dienone is 12. The molecule has 0 saturated carbocycles. The molecule has 1 aliphatic heterocycles. The van der Waals surface area contributed by atoms with Crippen LogP contribution in [-0.2, 0) is 38.7 Å². The minimum Gasteiger partial charge on any atom is -0.462 e. The van der Waals surface area contributed by atoms with E-state index in [1.807, 2.05) is 36.5 Å². The molecule has 0 bridgehead atoms. The van der Waals surface area contributed by atoms with E-state index in [-0.39, 0.29) is 19.4 Å². The maximum Gasteiger partial charge on any atom is 0.306 e. The van der Waals surface area contributed by atoms with Crippen molar-refractivity contribution < 1.29 is 56.8 Å². The second-order valence-corrected chi connectivity index (χ2v) is 15.9. The van der Waals surface area contributed by atoms with Crippen molar-refractivity contribution in [2.45, 2.75) is 173 Å². The normalized spacial score (nSPS) is 21.3. The molecular weight excluding hydrogens is 753 g/mol. The van der Waals surface area contributed by atoms with Crippen molar-refractivity contribution in [1.82, 2.24) is 0 Å². The monoisotopic (exact) mass is 824 g/mol. The summed E-state index contributed by atoms with van der Waals surface area (Å²) < 4.78 is 53.9. The Labute approximate surface area is 342 Å². The molecular formula is C44H72O12S. The summed E-state index contributed by atoms with van der Waals surface area (Å²) in [6, 6.07) is 0. The molecule has 0 aromatic rings. The Kier molecular flexibility index (Phi) is 31.1. The van der Waals surface area contributed by atoms with E-state index in [4.69, 9.17) is 18.9 Å². The maximum atomic E-state index is 12.7. The van der Waals surface area contributed by atoms with Gasteiger partial charge in [0.15, 0.2) is 12.4 Å². The molecule has 3 unspecified atom stereocenters. The van der Waals surface area contributed by atoms with Crippen LogP contribution in [-0.4, -0.2) is 96.0 Å². The van der Waals surface area contributed by atoms with Gasteiger partial charge in [-0.25, -0.2) is 0 Å². The molecule has 0 aromatic heterocycles. The van der Waals surface area contributed by atoms with Gasteiger partial charge in [0.1, 0.15) is 36.8 Å². The van der Waals surface area contributed by atoms with E-state index in [0.29, 0.717) is 12.8 Å². The quantitative estimate of drug-likeness (QED) is 0.0217. The number of aliphatic hydroxyl groups excluding tert-OH is 3. The van der Waals surface area contributed by atoms with Crippen molar-refractivity contribution in [3.05, 3.63) is 72.9 Å². The van der Waals surface area contributed by atoms with E-state index >= 15 is 0 Å². The lowest BCUT2D eigenvalue weighted by Crippen LogP contribution is -2.60. The number of carbonyl (C=O) groups is 2. The van der Waals surface area contributed by atoms with E-state index in [2.05, 4.69) is 50.3 Å². The number of ether oxygens (including phenoxy) is 4. The predicted octanol–water partition coefficient (Wildman–Crippen LogP) is 7.94. The summed E-state index contributed by atoms with van der Waals surface area (Å²) in [6.45, 7) is 3.53. The Morgan fingerprint density at radius 1 is 0.614 bits per heavy atom. The van der Waals surface area contributed by atoms with Crippen molar-refractivity contribution in [2.24, 2.45) is 0 Å². The fourth-order valence-corrected chi connectivity index (χ4v) is 6.54. The Bertz CT molecular complexity index is 1340. The van der Waals surface area contributed by atoms with Crippen molar-refractivity contribution in [1.29, 1.82) is 0 Å². The molecule has 0 aliphatic carbocycles. The molecule has 326 valence electrons. The lowest BCUT2D eigenvalue weighted by atomic mass is 10.00. The smallest absolute Gasteiger partial charge is 0.306 e. The number of carbonyl (C=O) groups excluding carboxylic acids is 2. The molecule has 57 heavy (non-hydrogen) atoms. The van der Waals surface area contributed by atoms with Gasteiger partial charge in [-0.15, -0.1) is 0 Å². The summed E-state index contributed by atoms with van der Waals surface area (Å²) in [5.74, 6) is -2.08. The second-order valence-electron chi connectivity index (χ2n) is 14.4. The second kappa shape index (κ2) is 34.0.